The first-order valence-corrected chi connectivity index (χ1v) is 8.67. The Balaban J connectivity index is 0.000000238. The molecule has 0 aliphatic carbocycles. The van der Waals surface area contributed by atoms with Crippen LogP contribution in [0.25, 0.3) is 0 Å². The van der Waals surface area contributed by atoms with Crippen LogP contribution in [0.15, 0.2) is 35.5 Å². The van der Waals surface area contributed by atoms with Crippen LogP contribution < -0.4 is 0 Å². The molecule has 1 fully saturated rings. The number of hydrogen-bond donors (Lipinski definition) is 0. The van der Waals surface area contributed by atoms with E-state index >= 15 is 0 Å². The van der Waals surface area contributed by atoms with E-state index in [1.54, 1.807) is 0 Å². The molecule has 23 heavy (non-hydrogen) atoms. The second-order valence-electron chi connectivity index (χ2n) is 5.65. The van der Waals surface area contributed by atoms with Gasteiger partial charge in [-0.15, -0.1) is 0 Å². The molecule has 4 nitrogen and oxygen atoms in total. The molecule has 1 amide bonds. The number of carbonyl (C=O) groups excluding carboxylic acids is 1. The molecule has 1 aliphatic heterocycles. The van der Waals surface area contributed by atoms with E-state index in [1.807, 2.05) is 49.2 Å². The summed E-state index contributed by atoms with van der Waals surface area (Å²) in [6.45, 7) is 5.59. The van der Waals surface area contributed by atoms with Crippen LogP contribution >= 0.6 is 0 Å². The lowest BCUT2D eigenvalue weighted by molar-refractivity contribution is -0.130. The number of carbonyl (C=O) groups is 1. The second kappa shape index (κ2) is 11.7. The van der Waals surface area contributed by atoms with Gasteiger partial charge < -0.3 is 9.74 Å². The summed E-state index contributed by atoms with van der Waals surface area (Å²) < 4.78 is 0. The Labute approximate surface area is 140 Å². The van der Waals surface area contributed by atoms with Gasteiger partial charge in [0.15, 0.2) is 0 Å². The second-order valence-corrected chi connectivity index (χ2v) is 5.65. The van der Waals surface area contributed by atoms with Crippen molar-refractivity contribution in [2.24, 2.45) is 5.16 Å². The van der Waals surface area contributed by atoms with Crippen LogP contribution in [0.1, 0.15) is 57.9 Å². The predicted octanol–water partition coefficient (Wildman–Crippen LogP) is 4.25. The van der Waals surface area contributed by atoms with Gasteiger partial charge >= 0.3 is 0 Å². The lowest BCUT2D eigenvalue weighted by atomic mass is 10.1. The third kappa shape index (κ3) is 7.82. The predicted molar refractivity (Wildman–Crippen MR) is 95.6 cm³/mol. The number of likely N-dealkylation sites (tertiary alicyclic amines) is 1. The highest BCUT2D eigenvalue weighted by molar-refractivity contribution is 5.99. The molecule has 1 heterocycles. The van der Waals surface area contributed by atoms with Gasteiger partial charge in [-0.1, -0.05) is 55.3 Å². The van der Waals surface area contributed by atoms with E-state index in [2.05, 4.69) is 12.1 Å². The summed E-state index contributed by atoms with van der Waals surface area (Å²) in [6, 6.07) is 10.1. The van der Waals surface area contributed by atoms with Gasteiger partial charge in [0.25, 0.3) is 0 Å². The first kappa shape index (κ1) is 19.2. The van der Waals surface area contributed by atoms with Gasteiger partial charge in [0.1, 0.15) is 6.61 Å². The number of nitrogens with zero attached hydrogens (tertiary/aromatic N) is 2. The normalized spacial score (nSPS) is 16.0. The Bertz CT molecular complexity index is 472. The molecular weight excluding hydrogens is 288 g/mol. The van der Waals surface area contributed by atoms with Gasteiger partial charge in [-0.05, 0) is 31.7 Å². The molecule has 0 N–H and O–H groups in total. The number of oxime groups is 1. The minimum absolute atomic E-state index is 0.319. The minimum Gasteiger partial charge on any atom is -0.396 e. The number of amides is 1. The van der Waals surface area contributed by atoms with Crippen LogP contribution in [0.5, 0.6) is 0 Å². The number of rotatable bonds is 4. The molecule has 0 saturated carbocycles. The molecule has 0 aromatic heterocycles. The fraction of sp³-hybridized carbons (Fsp3) is 0.579. The van der Waals surface area contributed by atoms with Crippen LogP contribution in [0, 0.1) is 0 Å². The fourth-order valence-electron chi connectivity index (χ4n) is 2.39. The largest absolute Gasteiger partial charge is 0.396 e. The highest BCUT2D eigenvalue weighted by Gasteiger charge is 2.09. The number of hydrogen-bond acceptors (Lipinski definition) is 3. The molecule has 128 valence electrons. The van der Waals surface area contributed by atoms with Crippen molar-refractivity contribution < 1.29 is 9.63 Å². The van der Waals surface area contributed by atoms with Crippen LogP contribution in [-0.4, -0.2) is 36.7 Å². The highest BCUT2D eigenvalue weighted by Crippen LogP contribution is 2.09. The molecule has 0 radical (unpaired) electrons. The van der Waals surface area contributed by atoms with E-state index in [0.29, 0.717) is 12.5 Å². The van der Waals surface area contributed by atoms with Crippen LogP contribution in [0.2, 0.25) is 0 Å². The first-order chi connectivity index (χ1) is 11.2. The van der Waals surface area contributed by atoms with Gasteiger partial charge in [0.05, 0.1) is 5.71 Å². The Morgan fingerprint density at radius 1 is 1.13 bits per heavy atom. The van der Waals surface area contributed by atoms with Crippen molar-refractivity contribution in [1.29, 1.82) is 0 Å². The Hall–Kier alpha value is -1.84. The smallest absolute Gasteiger partial charge is 0.222 e. The minimum atomic E-state index is 0.319. The van der Waals surface area contributed by atoms with E-state index in [-0.39, 0.29) is 0 Å². The topological polar surface area (TPSA) is 41.9 Å². The zero-order chi connectivity index (χ0) is 16.9. The van der Waals surface area contributed by atoms with Crippen LogP contribution in [0.3, 0.4) is 0 Å². The molecule has 0 spiro atoms. The van der Waals surface area contributed by atoms with E-state index in [1.165, 1.54) is 19.3 Å². The van der Waals surface area contributed by atoms with Gasteiger partial charge in [0.2, 0.25) is 5.91 Å². The molecule has 1 aromatic rings. The summed E-state index contributed by atoms with van der Waals surface area (Å²) in [4.78, 5) is 18.0. The quantitative estimate of drug-likeness (QED) is 0.615. The maximum absolute atomic E-state index is 11.1. The van der Waals surface area contributed by atoms with Crippen molar-refractivity contribution in [2.45, 2.75) is 52.4 Å². The summed E-state index contributed by atoms with van der Waals surface area (Å²) >= 11 is 0. The van der Waals surface area contributed by atoms with Crippen molar-refractivity contribution in [3.05, 3.63) is 35.9 Å². The van der Waals surface area contributed by atoms with Gasteiger partial charge in [-0.3, -0.25) is 4.79 Å². The van der Waals surface area contributed by atoms with Gasteiger partial charge in [-0.25, -0.2) is 0 Å². The molecular formula is C19H30N2O2. The van der Waals surface area contributed by atoms with Crippen molar-refractivity contribution >= 4 is 11.6 Å². The Kier molecular flexibility index (Phi) is 9.76. The van der Waals surface area contributed by atoms with E-state index in [4.69, 9.17) is 4.84 Å². The van der Waals surface area contributed by atoms with Crippen molar-refractivity contribution in [3.8, 4) is 0 Å². The lowest BCUT2D eigenvalue weighted by Crippen LogP contribution is -2.28. The summed E-state index contributed by atoms with van der Waals surface area (Å²) in [5.74, 6) is 0.319. The molecule has 1 aliphatic rings. The van der Waals surface area contributed by atoms with Crippen molar-refractivity contribution in [3.63, 3.8) is 0 Å². The van der Waals surface area contributed by atoms with Crippen LogP contribution in [0.4, 0.5) is 0 Å². The molecule has 0 atom stereocenters. The van der Waals surface area contributed by atoms with E-state index in [0.717, 1.165) is 37.1 Å². The standard InChI is InChI=1S/C11H15NO.C8H15NO/c1-3-11(12-13-4-2)10-8-6-5-7-9-10;1-9-7-5-3-2-4-6-8(9)10/h5-9H,3-4H2,1-2H3;2-7H2,1H3/b12-11+;. The molecule has 0 bridgehead atoms. The summed E-state index contributed by atoms with van der Waals surface area (Å²) in [7, 11) is 1.90. The summed E-state index contributed by atoms with van der Waals surface area (Å²) in [5, 5.41) is 4.05. The maximum Gasteiger partial charge on any atom is 0.222 e. The van der Waals surface area contributed by atoms with E-state index < -0.39 is 0 Å². The summed E-state index contributed by atoms with van der Waals surface area (Å²) in [5.41, 5.74) is 2.14. The molecule has 0 unspecified atom stereocenters. The van der Waals surface area contributed by atoms with Gasteiger partial charge in [0, 0.05) is 20.0 Å². The van der Waals surface area contributed by atoms with Gasteiger partial charge in [-0.2, -0.15) is 0 Å². The third-order valence-electron chi connectivity index (χ3n) is 3.81. The Morgan fingerprint density at radius 2 is 1.83 bits per heavy atom. The zero-order valence-corrected chi connectivity index (χ0v) is 14.8. The van der Waals surface area contributed by atoms with E-state index in [9.17, 15) is 4.79 Å². The third-order valence-corrected chi connectivity index (χ3v) is 3.81. The highest BCUT2D eigenvalue weighted by atomic mass is 16.6. The average molecular weight is 318 g/mol. The number of benzene rings is 1. The molecule has 1 aromatic carbocycles. The lowest BCUT2D eigenvalue weighted by Gasteiger charge is -2.19. The monoisotopic (exact) mass is 318 g/mol. The zero-order valence-electron chi connectivity index (χ0n) is 14.8. The SMILES string of the molecule is CCO/N=C(\CC)c1ccccc1.CN1CCCCCCC1=O. The fourth-order valence-corrected chi connectivity index (χ4v) is 2.39. The van der Waals surface area contributed by atoms with Crippen molar-refractivity contribution in [2.75, 3.05) is 20.2 Å². The molecule has 1 saturated heterocycles. The van der Waals surface area contributed by atoms with Crippen molar-refractivity contribution in [1.82, 2.24) is 4.90 Å². The molecule has 4 heteroatoms. The van der Waals surface area contributed by atoms with Crippen LogP contribution in [-0.2, 0) is 9.63 Å². The molecule has 2 rings (SSSR count). The average Bonchev–Trinajstić information content (AvgIpc) is 2.58. The first-order valence-electron chi connectivity index (χ1n) is 8.67. The summed E-state index contributed by atoms with van der Waals surface area (Å²) in [6.07, 6.45) is 6.45. The maximum atomic E-state index is 11.1. The Morgan fingerprint density at radius 3 is 2.48 bits per heavy atom.